The van der Waals surface area contributed by atoms with Crippen LogP contribution in [-0.4, -0.2) is 37.6 Å². The van der Waals surface area contributed by atoms with Crippen LogP contribution in [0.2, 0.25) is 0 Å². The SMILES string of the molecule is COc1ccc(Br)c(CN2CCNCC2=O)c1. The number of piperazine rings is 1. The second-order valence-corrected chi connectivity index (χ2v) is 4.80. The van der Waals surface area contributed by atoms with Crippen LogP contribution in [0.3, 0.4) is 0 Å². The van der Waals surface area contributed by atoms with Crippen LogP contribution in [0.4, 0.5) is 0 Å². The normalized spacial score (nSPS) is 16.1. The van der Waals surface area contributed by atoms with E-state index in [1.807, 2.05) is 23.1 Å². The van der Waals surface area contributed by atoms with Crippen molar-refractivity contribution in [3.8, 4) is 5.75 Å². The fraction of sp³-hybridized carbons (Fsp3) is 0.417. The molecule has 0 aromatic heterocycles. The third kappa shape index (κ3) is 2.98. The predicted molar refractivity (Wildman–Crippen MR) is 69.0 cm³/mol. The molecular weight excluding hydrogens is 284 g/mol. The first-order chi connectivity index (χ1) is 8.20. The molecule has 1 aliphatic heterocycles. The molecule has 5 heteroatoms. The van der Waals surface area contributed by atoms with Gasteiger partial charge in [-0.2, -0.15) is 0 Å². The molecule has 0 spiro atoms. The first-order valence-corrected chi connectivity index (χ1v) is 6.31. The molecule has 1 saturated heterocycles. The van der Waals surface area contributed by atoms with E-state index < -0.39 is 0 Å². The van der Waals surface area contributed by atoms with Crippen LogP contribution < -0.4 is 10.1 Å². The van der Waals surface area contributed by atoms with Crippen molar-refractivity contribution >= 4 is 21.8 Å². The minimum atomic E-state index is 0.144. The maximum atomic E-state index is 11.7. The first-order valence-electron chi connectivity index (χ1n) is 5.51. The van der Waals surface area contributed by atoms with E-state index in [2.05, 4.69) is 21.2 Å². The summed E-state index contributed by atoms with van der Waals surface area (Å²) in [5, 5.41) is 3.06. The first kappa shape index (κ1) is 12.4. The number of hydrogen-bond acceptors (Lipinski definition) is 3. The Morgan fingerprint density at radius 1 is 1.53 bits per heavy atom. The Morgan fingerprint density at radius 2 is 2.35 bits per heavy atom. The number of nitrogens with zero attached hydrogens (tertiary/aromatic N) is 1. The predicted octanol–water partition coefficient (Wildman–Crippen LogP) is 1.39. The van der Waals surface area contributed by atoms with E-state index in [1.54, 1.807) is 7.11 Å². The van der Waals surface area contributed by atoms with Gasteiger partial charge < -0.3 is 15.0 Å². The molecular formula is C12H15BrN2O2. The molecule has 0 saturated carbocycles. The van der Waals surface area contributed by atoms with Gasteiger partial charge in [0.15, 0.2) is 0 Å². The monoisotopic (exact) mass is 298 g/mol. The van der Waals surface area contributed by atoms with Crippen LogP contribution in [0.15, 0.2) is 22.7 Å². The second-order valence-electron chi connectivity index (χ2n) is 3.95. The number of carbonyl (C=O) groups excluding carboxylic acids is 1. The summed E-state index contributed by atoms with van der Waals surface area (Å²) in [4.78, 5) is 13.5. The highest BCUT2D eigenvalue weighted by molar-refractivity contribution is 9.10. The van der Waals surface area contributed by atoms with Crippen molar-refractivity contribution in [1.82, 2.24) is 10.2 Å². The summed E-state index contributed by atoms with van der Waals surface area (Å²) in [5.74, 6) is 0.955. The Hall–Kier alpha value is -1.07. The van der Waals surface area contributed by atoms with Crippen LogP contribution >= 0.6 is 15.9 Å². The van der Waals surface area contributed by atoms with Crippen molar-refractivity contribution < 1.29 is 9.53 Å². The molecule has 1 aliphatic rings. The Balaban J connectivity index is 2.14. The van der Waals surface area contributed by atoms with E-state index in [-0.39, 0.29) is 5.91 Å². The van der Waals surface area contributed by atoms with Crippen molar-refractivity contribution in [3.05, 3.63) is 28.2 Å². The Labute approximate surface area is 109 Å². The summed E-state index contributed by atoms with van der Waals surface area (Å²) in [6.45, 7) is 2.66. The van der Waals surface area contributed by atoms with Gasteiger partial charge in [-0.1, -0.05) is 15.9 Å². The third-order valence-corrected chi connectivity index (χ3v) is 3.58. The lowest BCUT2D eigenvalue weighted by atomic mass is 10.2. The number of rotatable bonds is 3. The number of ether oxygens (including phenoxy) is 1. The maximum absolute atomic E-state index is 11.7. The molecule has 0 bridgehead atoms. The number of methoxy groups -OCH3 is 1. The highest BCUT2D eigenvalue weighted by atomic mass is 79.9. The molecule has 1 aromatic carbocycles. The van der Waals surface area contributed by atoms with Crippen molar-refractivity contribution in [2.24, 2.45) is 0 Å². The molecule has 1 heterocycles. The molecule has 1 fully saturated rings. The molecule has 0 aliphatic carbocycles. The summed E-state index contributed by atoms with van der Waals surface area (Å²) >= 11 is 3.50. The molecule has 17 heavy (non-hydrogen) atoms. The Kier molecular flexibility index (Phi) is 4.02. The second kappa shape index (κ2) is 5.51. The largest absolute Gasteiger partial charge is 0.497 e. The van der Waals surface area contributed by atoms with Gasteiger partial charge in [-0.3, -0.25) is 4.79 Å². The quantitative estimate of drug-likeness (QED) is 0.917. The standard InChI is InChI=1S/C12H15BrN2O2/c1-17-10-2-3-11(13)9(6-10)8-15-5-4-14-7-12(15)16/h2-3,6,14H,4-5,7-8H2,1H3. The van der Waals surface area contributed by atoms with E-state index >= 15 is 0 Å². The molecule has 0 unspecified atom stereocenters. The van der Waals surface area contributed by atoms with Gasteiger partial charge in [0, 0.05) is 24.1 Å². The van der Waals surface area contributed by atoms with Crippen LogP contribution in [-0.2, 0) is 11.3 Å². The van der Waals surface area contributed by atoms with Crippen LogP contribution in [0.1, 0.15) is 5.56 Å². The third-order valence-electron chi connectivity index (χ3n) is 2.80. The van der Waals surface area contributed by atoms with Crippen molar-refractivity contribution in [2.45, 2.75) is 6.54 Å². The number of carbonyl (C=O) groups is 1. The lowest BCUT2D eigenvalue weighted by Crippen LogP contribution is -2.47. The topological polar surface area (TPSA) is 41.6 Å². The molecule has 1 amide bonds. The fourth-order valence-electron chi connectivity index (χ4n) is 1.82. The van der Waals surface area contributed by atoms with Gasteiger partial charge in [0.05, 0.1) is 13.7 Å². The molecule has 0 radical (unpaired) electrons. The van der Waals surface area contributed by atoms with Gasteiger partial charge in [0.1, 0.15) is 5.75 Å². The number of benzene rings is 1. The van der Waals surface area contributed by atoms with Crippen molar-refractivity contribution in [1.29, 1.82) is 0 Å². The van der Waals surface area contributed by atoms with Gasteiger partial charge in [0.2, 0.25) is 5.91 Å². The lowest BCUT2D eigenvalue weighted by molar-refractivity contribution is -0.132. The zero-order valence-corrected chi connectivity index (χ0v) is 11.3. The van der Waals surface area contributed by atoms with Crippen molar-refractivity contribution in [3.63, 3.8) is 0 Å². The summed E-state index contributed by atoms with van der Waals surface area (Å²) < 4.78 is 6.19. The maximum Gasteiger partial charge on any atom is 0.236 e. The zero-order valence-electron chi connectivity index (χ0n) is 9.70. The van der Waals surface area contributed by atoms with E-state index in [9.17, 15) is 4.79 Å². The van der Waals surface area contributed by atoms with E-state index in [1.165, 1.54) is 0 Å². The van der Waals surface area contributed by atoms with Gasteiger partial charge in [-0.05, 0) is 23.8 Å². The average Bonchev–Trinajstić information content (AvgIpc) is 2.35. The molecule has 4 nitrogen and oxygen atoms in total. The fourth-order valence-corrected chi connectivity index (χ4v) is 2.19. The number of halogens is 1. The molecule has 92 valence electrons. The van der Waals surface area contributed by atoms with Gasteiger partial charge >= 0.3 is 0 Å². The van der Waals surface area contributed by atoms with Gasteiger partial charge in [-0.15, -0.1) is 0 Å². The number of amides is 1. The van der Waals surface area contributed by atoms with E-state index in [0.717, 1.165) is 28.9 Å². The Morgan fingerprint density at radius 3 is 3.06 bits per heavy atom. The highest BCUT2D eigenvalue weighted by Crippen LogP contribution is 2.24. The summed E-state index contributed by atoms with van der Waals surface area (Å²) in [5.41, 5.74) is 1.07. The summed E-state index contributed by atoms with van der Waals surface area (Å²) in [6, 6.07) is 5.80. The summed E-state index contributed by atoms with van der Waals surface area (Å²) in [6.07, 6.45) is 0. The molecule has 0 atom stereocenters. The molecule has 2 rings (SSSR count). The number of nitrogens with one attached hydrogen (secondary N) is 1. The summed E-state index contributed by atoms with van der Waals surface area (Å²) in [7, 11) is 1.64. The Bertz CT molecular complexity index is 423. The van der Waals surface area contributed by atoms with Gasteiger partial charge in [-0.25, -0.2) is 0 Å². The minimum Gasteiger partial charge on any atom is -0.497 e. The minimum absolute atomic E-state index is 0.144. The zero-order chi connectivity index (χ0) is 12.3. The average molecular weight is 299 g/mol. The van der Waals surface area contributed by atoms with E-state index in [0.29, 0.717) is 13.1 Å². The lowest BCUT2D eigenvalue weighted by Gasteiger charge is -2.27. The smallest absolute Gasteiger partial charge is 0.236 e. The van der Waals surface area contributed by atoms with Crippen LogP contribution in [0.5, 0.6) is 5.75 Å². The molecule has 1 N–H and O–H groups in total. The van der Waals surface area contributed by atoms with E-state index in [4.69, 9.17) is 4.74 Å². The highest BCUT2D eigenvalue weighted by Gasteiger charge is 2.18. The molecule has 1 aromatic rings. The number of hydrogen-bond donors (Lipinski definition) is 1. The van der Waals surface area contributed by atoms with Crippen LogP contribution in [0, 0.1) is 0 Å². The van der Waals surface area contributed by atoms with Gasteiger partial charge in [0.25, 0.3) is 0 Å². The van der Waals surface area contributed by atoms with Crippen LogP contribution in [0.25, 0.3) is 0 Å². The van der Waals surface area contributed by atoms with Crippen molar-refractivity contribution in [2.75, 3.05) is 26.7 Å².